The average molecular weight is 222 g/mol. The lowest BCUT2D eigenvalue weighted by Crippen LogP contribution is -1.85. The lowest BCUT2D eigenvalue weighted by Gasteiger charge is -1.98. The highest BCUT2D eigenvalue weighted by atomic mass is 16.3. The Morgan fingerprint density at radius 2 is 1.94 bits per heavy atom. The van der Waals surface area contributed by atoms with Crippen LogP contribution in [0.1, 0.15) is 11.3 Å². The molecule has 0 spiro atoms. The Balaban J connectivity index is 2.37. The maximum Gasteiger partial charge on any atom is 0.115 e. The van der Waals surface area contributed by atoms with Gasteiger partial charge in [-0.3, -0.25) is 4.98 Å². The summed E-state index contributed by atoms with van der Waals surface area (Å²) >= 11 is 0. The molecule has 0 atom stereocenters. The van der Waals surface area contributed by atoms with Crippen molar-refractivity contribution in [1.82, 2.24) is 4.98 Å². The highest BCUT2D eigenvalue weighted by molar-refractivity contribution is 5.88. The van der Waals surface area contributed by atoms with Gasteiger partial charge in [0.2, 0.25) is 0 Å². The van der Waals surface area contributed by atoms with E-state index in [-0.39, 0.29) is 5.75 Å². The number of phenolic OH excluding ortho intramolecular Hbond substituents is 1. The molecule has 0 saturated heterocycles. The normalized spacial score (nSPS) is 10.9. The van der Waals surface area contributed by atoms with E-state index in [4.69, 9.17) is 10.4 Å². The topological polar surface area (TPSA) is 56.9 Å². The number of hydrogen-bond acceptors (Lipinski definition) is 3. The molecule has 0 fully saturated rings. The first-order valence-corrected chi connectivity index (χ1v) is 5.12. The molecule has 1 N–H and O–H groups in total. The summed E-state index contributed by atoms with van der Waals surface area (Å²) in [4.78, 5) is 4.12. The first-order valence-electron chi connectivity index (χ1n) is 5.12. The van der Waals surface area contributed by atoms with E-state index in [1.54, 1.807) is 48.7 Å². The van der Waals surface area contributed by atoms with Gasteiger partial charge in [0, 0.05) is 6.20 Å². The third-order valence-electron chi connectivity index (χ3n) is 2.27. The Hall–Kier alpha value is -2.60. The number of pyridine rings is 1. The molecule has 0 aliphatic carbocycles. The number of allylic oxidation sites excluding steroid dienone is 1. The number of aromatic hydroxyl groups is 1. The summed E-state index contributed by atoms with van der Waals surface area (Å²) in [7, 11) is 0. The van der Waals surface area contributed by atoms with Gasteiger partial charge < -0.3 is 5.11 Å². The molecule has 2 aromatic rings. The van der Waals surface area contributed by atoms with Crippen molar-refractivity contribution < 1.29 is 5.11 Å². The van der Waals surface area contributed by atoms with E-state index in [1.165, 1.54) is 0 Å². The second-order valence-electron chi connectivity index (χ2n) is 3.48. The molecule has 3 nitrogen and oxygen atoms in total. The maximum atomic E-state index is 9.17. The molecule has 1 aromatic carbocycles. The summed E-state index contributed by atoms with van der Waals surface area (Å²) in [5, 5.41) is 18.3. The highest BCUT2D eigenvalue weighted by Gasteiger charge is 2.01. The van der Waals surface area contributed by atoms with Gasteiger partial charge in [0.25, 0.3) is 0 Å². The van der Waals surface area contributed by atoms with Crippen LogP contribution < -0.4 is 0 Å². The molecule has 1 heterocycles. The smallest absolute Gasteiger partial charge is 0.115 e. The van der Waals surface area contributed by atoms with Crippen molar-refractivity contribution in [3.05, 3.63) is 59.9 Å². The first-order chi connectivity index (χ1) is 8.29. The molecule has 1 aromatic heterocycles. The van der Waals surface area contributed by atoms with Gasteiger partial charge in [0.15, 0.2) is 0 Å². The van der Waals surface area contributed by atoms with E-state index in [9.17, 15) is 0 Å². The molecule has 0 aliphatic rings. The van der Waals surface area contributed by atoms with Crippen LogP contribution >= 0.6 is 0 Å². The van der Waals surface area contributed by atoms with Gasteiger partial charge in [-0.1, -0.05) is 18.2 Å². The minimum absolute atomic E-state index is 0.207. The number of hydrogen-bond donors (Lipinski definition) is 1. The van der Waals surface area contributed by atoms with Gasteiger partial charge in [-0.15, -0.1) is 0 Å². The van der Waals surface area contributed by atoms with Crippen LogP contribution in [0.25, 0.3) is 11.6 Å². The monoisotopic (exact) mass is 222 g/mol. The quantitative estimate of drug-likeness (QED) is 0.795. The largest absolute Gasteiger partial charge is 0.508 e. The average Bonchev–Trinajstić information content (AvgIpc) is 2.39. The van der Waals surface area contributed by atoms with Crippen molar-refractivity contribution in [2.75, 3.05) is 0 Å². The van der Waals surface area contributed by atoms with Crippen LogP contribution in [0.15, 0.2) is 48.7 Å². The van der Waals surface area contributed by atoms with Crippen molar-refractivity contribution in [1.29, 1.82) is 5.26 Å². The van der Waals surface area contributed by atoms with Crippen LogP contribution in [0.5, 0.6) is 5.75 Å². The zero-order chi connectivity index (χ0) is 12.1. The molecule has 0 bridgehead atoms. The predicted octanol–water partition coefficient (Wildman–Crippen LogP) is 2.85. The van der Waals surface area contributed by atoms with Crippen molar-refractivity contribution >= 4 is 11.6 Å². The molecule has 0 saturated carbocycles. The van der Waals surface area contributed by atoms with E-state index in [2.05, 4.69) is 11.1 Å². The summed E-state index contributed by atoms with van der Waals surface area (Å²) in [6.45, 7) is 0. The Bertz CT molecular complexity index is 565. The fraction of sp³-hybridized carbons (Fsp3) is 0. The standard InChI is InChI=1S/C14H10N2O/c15-10-12(14-3-1-2-8-16-14)9-11-4-6-13(17)7-5-11/h1-9,17H/b12-9-. The maximum absolute atomic E-state index is 9.17. The van der Waals surface area contributed by atoms with Gasteiger partial charge in [0.05, 0.1) is 11.3 Å². The number of aromatic nitrogens is 1. The predicted molar refractivity (Wildman–Crippen MR) is 65.8 cm³/mol. The molecule has 82 valence electrons. The summed E-state index contributed by atoms with van der Waals surface area (Å²) in [5.74, 6) is 0.207. The van der Waals surface area contributed by atoms with E-state index >= 15 is 0 Å². The molecule has 0 aliphatic heterocycles. The Morgan fingerprint density at radius 1 is 1.18 bits per heavy atom. The molecule has 17 heavy (non-hydrogen) atoms. The fourth-order valence-corrected chi connectivity index (χ4v) is 1.42. The van der Waals surface area contributed by atoms with Gasteiger partial charge >= 0.3 is 0 Å². The lowest BCUT2D eigenvalue weighted by molar-refractivity contribution is 0.475. The summed E-state index contributed by atoms with van der Waals surface area (Å²) < 4.78 is 0. The Morgan fingerprint density at radius 3 is 2.53 bits per heavy atom. The van der Waals surface area contributed by atoms with E-state index in [1.807, 2.05) is 6.07 Å². The third-order valence-corrected chi connectivity index (χ3v) is 2.27. The van der Waals surface area contributed by atoms with Crippen LogP contribution in [0, 0.1) is 11.3 Å². The van der Waals surface area contributed by atoms with Gasteiger partial charge in [-0.25, -0.2) is 0 Å². The number of phenols is 1. The van der Waals surface area contributed by atoms with E-state index < -0.39 is 0 Å². The first kappa shape index (κ1) is 10.9. The molecule has 2 rings (SSSR count). The zero-order valence-corrected chi connectivity index (χ0v) is 9.04. The van der Waals surface area contributed by atoms with Gasteiger partial charge in [-0.05, 0) is 35.9 Å². The molecular formula is C14H10N2O. The molecule has 0 amide bonds. The van der Waals surface area contributed by atoms with Crippen molar-refractivity contribution in [3.8, 4) is 11.8 Å². The van der Waals surface area contributed by atoms with E-state index in [0.29, 0.717) is 11.3 Å². The minimum atomic E-state index is 0.207. The van der Waals surface area contributed by atoms with Crippen LogP contribution in [-0.2, 0) is 0 Å². The Kier molecular flexibility index (Phi) is 3.18. The molecular weight excluding hydrogens is 212 g/mol. The number of benzene rings is 1. The third kappa shape index (κ3) is 2.70. The summed E-state index contributed by atoms with van der Waals surface area (Å²) in [5.41, 5.74) is 1.99. The Labute approximate surface area is 99.3 Å². The van der Waals surface area contributed by atoms with Crippen molar-refractivity contribution in [3.63, 3.8) is 0 Å². The van der Waals surface area contributed by atoms with Crippen LogP contribution in [0.2, 0.25) is 0 Å². The van der Waals surface area contributed by atoms with Crippen LogP contribution in [0.3, 0.4) is 0 Å². The number of rotatable bonds is 2. The summed E-state index contributed by atoms with van der Waals surface area (Å²) in [6, 6.07) is 14.2. The van der Waals surface area contributed by atoms with Crippen LogP contribution in [0.4, 0.5) is 0 Å². The fourth-order valence-electron chi connectivity index (χ4n) is 1.42. The van der Waals surface area contributed by atoms with Gasteiger partial charge in [0.1, 0.15) is 11.8 Å². The molecule has 0 unspecified atom stereocenters. The SMILES string of the molecule is N#C/C(=C/c1ccc(O)cc1)c1ccccn1. The second-order valence-corrected chi connectivity index (χ2v) is 3.48. The van der Waals surface area contributed by atoms with Gasteiger partial charge in [-0.2, -0.15) is 5.26 Å². The van der Waals surface area contributed by atoms with Crippen molar-refractivity contribution in [2.45, 2.75) is 0 Å². The summed E-state index contributed by atoms with van der Waals surface area (Å²) in [6.07, 6.45) is 3.39. The van der Waals surface area contributed by atoms with Crippen LogP contribution in [-0.4, -0.2) is 10.1 Å². The highest BCUT2D eigenvalue weighted by Crippen LogP contribution is 2.17. The zero-order valence-electron chi connectivity index (χ0n) is 9.04. The second kappa shape index (κ2) is 4.95. The molecule has 0 radical (unpaired) electrons. The minimum Gasteiger partial charge on any atom is -0.508 e. The number of nitriles is 1. The van der Waals surface area contributed by atoms with E-state index in [0.717, 1.165) is 5.56 Å². The van der Waals surface area contributed by atoms with Crippen molar-refractivity contribution in [2.24, 2.45) is 0 Å². The lowest BCUT2D eigenvalue weighted by atomic mass is 10.1. The molecule has 3 heteroatoms. The number of nitrogens with zero attached hydrogens (tertiary/aromatic N) is 2.